The minimum Gasteiger partial charge on any atom is -0.540 e. The third-order valence-corrected chi connectivity index (χ3v) is 0.402. The van der Waals surface area contributed by atoms with Crippen LogP contribution in [0.15, 0.2) is 0 Å². The maximum atomic E-state index is 9.26. The van der Waals surface area contributed by atoms with E-state index in [4.69, 9.17) is 19.8 Å². The molecule has 0 fully saturated rings. The SMILES string of the molecule is NC(=O)C(=O)[O-].NC(=O)C(=O)[O-].[Na+].[Na+]. The van der Waals surface area contributed by atoms with Gasteiger partial charge in [-0.05, 0) is 0 Å². The van der Waals surface area contributed by atoms with Gasteiger partial charge in [0.15, 0.2) is 0 Å². The van der Waals surface area contributed by atoms with Gasteiger partial charge in [0, 0.05) is 0 Å². The Kier molecular flexibility index (Phi) is 21.7. The third-order valence-electron chi connectivity index (χ3n) is 0.402. The molecule has 10 heteroatoms. The Labute approximate surface area is 123 Å². The van der Waals surface area contributed by atoms with Crippen LogP contribution in [0.4, 0.5) is 0 Å². The topological polar surface area (TPSA) is 166 Å². The maximum Gasteiger partial charge on any atom is 1.00 e. The van der Waals surface area contributed by atoms with Gasteiger partial charge in [0.05, 0.1) is 0 Å². The van der Waals surface area contributed by atoms with E-state index >= 15 is 0 Å². The van der Waals surface area contributed by atoms with Crippen molar-refractivity contribution in [1.29, 1.82) is 0 Å². The number of primary amides is 2. The van der Waals surface area contributed by atoms with Crippen LogP contribution in [-0.4, -0.2) is 23.8 Å². The first-order chi connectivity index (χ1) is 5.29. The van der Waals surface area contributed by atoms with E-state index in [0.29, 0.717) is 0 Å². The number of nitrogens with two attached hydrogens (primary N) is 2. The summed E-state index contributed by atoms with van der Waals surface area (Å²) >= 11 is 0. The summed E-state index contributed by atoms with van der Waals surface area (Å²) in [4.78, 5) is 36.7. The molecule has 0 aliphatic carbocycles. The minimum atomic E-state index is -1.85. The zero-order valence-corrected chi connectivity index (χ0v) is 11.6. The van der Waals surface area contributed by atoms with Crippen molar-refractivity contribution in [1.82, 2.24) is 0 Å². The summed E-state index contributed by atoms with van der Waals surface area (Å²) in [7, 11) is 0. The molecule has 68 valence electrons. The Bertz CT molecular complexity index is 182. The molecule has 0 aliphatic heterocycles. The van der Waals surface area contributed by atoms with Crippen molar-refractivity contribution in [2.45, 2.75) is 0 Å². The predicted octanol–water partition coefficient (Wildman–Crippen LogP) is -11.5. The molecular formula is C4H4N2Na2O6. The zero-order chi connectivity index (χ0) is 10.3. The summed E-state index contributed by atoms with van der Waals surface area (Å²) in [6.07, 6.45) is 0. The Morgan fingerprint density at radius 2 is 0.786 bits per heavy atom. The summed E-state index contributed by atoms with van der Waals surface area (Å²) in [5.74, 6) is -6.57. The van der Waals surface area contributed by atoms with Crippen LogP contribution in [0.1, 0.15) is 0 Å². The largest absolute Gasteiger partial charge is 1.00 e. The number of hydrogen-bond acceptors (Lipinski definition) is 6. The monoisotopic (exact) mass is 222 g/mol. The van der Waals surface area contributed by atoms with Crippen LogP contribution in [0.2, 0.25) is 0 Å². The quantitative estimate of drug-likeness (QED) is 0.304. The van der Waals surface area contributed by atoms with Crippen LogP contribution in [0.25, 0.3) is 0 Å². The molecule has 0 heterocycles. The molecule has 0 aromatic rings. The van der Waals surface area contributed by atoms with E-state index in [2.05, 4.69) is 11.5 Å². The van der Waals surface area contributed by atoms with E-state index in [9.17, 15) is 9.59 Å². The molecule has 0 atom stereocenters. The van der Waals surface area contributed by atoms with Crippen LogP contribution >= 0.6 is 0 Å². The number of rotatable bonds is 0. The van der Waals surface area contributed by atoms with E-state index in [0.717, 1.165) is 0 Å². The summed E-state index contributed by atoms with van der Waals surface area (Å²) in [5.41, 5.74) is 8.27. The molecule has 2 amide bonds. The van der Waals surface area contributed by atoms with Gasteiger partial charge < -0.3 is 31.3 Å². The number of amides is 2. The molecule has 0 aliphatic rings. The first-order valence-corrected chi connectivity index (χ1v) is 2.30. The fourth-order valence-electron chi connectivity index (χ4n) is 0. The molecule has 0 aromatic carbocycles. The molecule has 0 radical (unpaired) electrons. The van der Waals surface area contributed by atoms with Crippen LogP contribution < -0.4 is 80.8 Å². The van der Waals surface area contributed by atoms with Crippen molar-refractivity contribution in [2.75, 3.05) is 0 Å². The number of carbonyl (C=O) groups is 4. The number of hydrogen-bond donors (Lipinski definition) is 2. The van der Waals surface area contributed by atoms with Gasteiger partial charge in [0.1, 0.15) is 11.9 Å². The van der Waals surface area contributed by atoms with E-state index in [1.54, 1.807) is 0 Å². The Balaban J connectivity index is -0.0000000625. The van der Waals surface area contributed by atoms with Gasteiger partial charge in [-0.25, -0.2) is 0 Å². The van der Waals surface area contributed by atoms with Crippen molar-refractivity contribution in [3.63, 3.8) is 0 Å². The molecule has 0 saturated heterocycles. The number of carbonyl (C=O) groups excluding carboxylic acids is 4. The smallest absolute Gasteiger partial charge is 0.540 e. The van der Waals surface area contributed by atoms with Gasteiger partial charge >= 0.3 is 59.1 Å². The summed E-state index contributed by atoms with van der Waals surface area (Å²) in [5, 5.41) is 18.2. The standard InChI is InChI=1S/2C2H3NO3.2Na/c2*3-1(4)2(5)6;;/h2*(H2,3,4)(H,5,6);;/q;;2*+1/p-2. The van der Waals surface area contributed by atoms with Crippen molar-refractivity contribution < 1.29 is 88.5 Å². The van der Waals surface area contributed by atoms with E-state index in [1.807, 2.05) is 0 Å². The maximum absolute atomic E-state index is 9.26. The molecule has 0 spiro atoms. The van der Waals surface area contributed by atoms with E-state index in [-0.39, 0.29) is 59.1 Å². The van der Waals surface area contributed by atoms with Crippen molar-refractivity contribution >= 4 is 23.8 Å². The first-order valence-electron chi connectivity index (χ1n) is 2.30. The van der Waals surface area contributed by atoms with E-state index < -0.39 is 23.8 Å². The van der Waals surface area contributed by atoms with Gasteiger partial charge in [-0.1, -0.05) is 0 Å². The summed E-state index contributed by atoms with van der Waals surface area (Å²) < 4.78 is 0. The van der Waals surface area contributed by atoms with Crippen molar-refractivity contribution in [3.05, 3.63) is 0 Å². The normalized spacial score (nSPS) is 6.29. The molecular weight excluding hydrogens is 218 g/mol. The van der Waals surface area contributed by atoms with E-state index in [1.165, 1.54) is 0 Å². The molecule has 14 heavy (non-hydrogen) atoms. The van der Waals surface area contributed by atoms with Gasteiger partial charge in [0.25, 0.3) is 11.8 Å². The summed E-state index contributed by atoms with van der Waals surface area (Å²) in [6, 6.07) is 0. The molecule has 0 unspecified atom stereocenters. The molecule has 0 aromatic heterocycles. The average molecular weight is 222 g/mol. The fraction of sp³-hybridized carbons (Fsp3) is 0. The minimum absolute atomic E-state index is 0. The van der Waals surface area contributed by atoms with Crippen LogP contribution in [0.3, 0.4) is 0 Å². The molecule has 4 N–H and O–H groups in total. The number of carboxylic acids is 2. The fourth-order valence-corrected chi connectivity index (χ4v) is 0. The molecule has 8 nitrogen and oxygen atoms in total. The second-order valence-corrected chi connectivity index (χ2v) is 1.30. The zero-order valence-electron chi connectivity index (χ0n) is 7.60. The van der Waals surface area contributed by atoms with Crippen LogP contribution in [0.5, 0.6) is 0 Å². The number of carboxylic acid groups (broad SMARTS) is 2. The Hall–Kier alpha value is -0.120. The van der Waals surface area contributed by atoms with Gasteiger partial charge in [-0.15, -0.1) is 0 Å². The molecule has 0 saturated carbocycles. The average Bonchev–Trinajstić information content (AvgIpc) is 1.88. The second kappa shape index (κ2) is 12.9. The molecule has 0 rings (SSSR count). The third kappa shape index (κ3) is 22.6. The molecule has 0 bridgehead atoms. The Morgan fingerprint density at radius 1 is 0.714 bits per heavy atom. The van der Waals surface area contributed by atoms with Gasteiger partial charge in [-0.2, -0.15) is 0 Å². The van der Waals surface area contributed by atoms with Crippen LogP contribution in [-0.2, 0) is 19.2 Å². The summed E-state index contributed by atoms with van der Waals surface area (Å²) in [6.45, 7) is 0. The van der Waals surface area contributed by atoms with Crippen molar-refractivity contribution in [2.24, 2.45) is 11.5 Å². The first kappa shape index (κ1) is 23.6. The van der Waals surface area contributed by atoms with Gasteiger partial charge in [0.2, 0.25) is 0 Å². The second-order valence-electron chi connectivity index (χ2n) is 1.30. The van der Waals surface area contributed by atoms with Crippen LogP contribution in [0, 0.1) is 0 Å². The number of aliphatic carboxylic acids is 2. The van der Waals surface area contributed by atoms with Crippen molar-refractivity contribution in [3.8, 4) is 0 Å². The Morgan fingerprint density at radius 3 is 0.786 bits per heavy atom. The predicted molar refractivity (Wildman–Crippen MR) is 28.4 cm³/mol. The van der Waals surface area contributed by atoms with Gasteiger partial charge in [-0.3, -0.25) is 9.59 Å².